The summed E-state index contributed by atoms with van der Waals surface area (Å²) >= 11 is 1.80. The van der Waals surface area contributed by atoms with Crippen molar-refractivity contribution in [3.05, 3.63) is 77.4 Å². The van der Waals surface area contributed by atoms with Crippen molar-refractivity contribution in [2.24, 2.45) is 0 Å². The van der Waals surface area contributed by atoms with Crippen LogP contribution in [-0.4, -0.2) is 33.6 Å². The van der Waals surface area contributed by atoms with Crippen LogP contribution in [0.15, 0.2) is 65.6 Å². The highest BCUT2D eigenvalue weighted by molar-refractivity contribution is 7.99. The molecule has 176 valence electrons. The highest BCUT2D eigenvalue weighted by atomic mass is 32.2. The maximum atomic E-state index is 12.4. The maximum absolute atomic E-state index is 12.4. The predicted molar refractivity (Wildman–Crippen MR) is 143 cm³/mol. The van der Waals surface area contributed by atoms with Crippen LogP contribution in [0.4, 0.5) is 0 Å². The van der Waals surface area contributed by atoms with Crippen LogP contribution >= 0.6 is 11.8 Å². The Balaban J connectivity index is 1.75. The van der Waals surface area contributed by atoms with E-state index in [0.717, 1.165) is 22.6 Å². The molecule has 0 unspecified atom stereocenters. The molecule has 0 amide bonds. The number of rotatable bonds is 10. The Kier molecular flexibility index (Phi) is 8.57. The molecule has 0 saturated carbocycles. The van der Waals surface area contributed by atoms with E-state index < -0.39 is 8.32 Å². The number of carbonyl (C=O) groups is 1. The number of benzene rings is 3. The van der Waals surface area contributed by atoms with Gasteiger partial charge in [-0.25, -0.2) is 0 Å². The van der Waals surface area contributed by atoms with Gasteiger partial charge in [0.25, 0.3) is 0 Å². The molecule has 3 rings (SSSR count). The molecular formula is C28H36O3SSi. The second kappa shape index (κ2) is 11.0. The summed E-state index contributed by atoms with van der Waals surface area (Å²) in [6, 6.07) is 21.1. The Morgan fingerprint density at radius 1 is 0.970 bits per heavy atom. The topological polar surface area (TPSA) is 35.5 Å². The summed E-state index contributed by atoms with van der Waals surface area (Å²) in [5, 5.41) is 2.70. The van der Waals surface area contributed by atoms with Gasteiger partial charge in [-0.05, 0) is 52.5 Å². The molecule has 5 heteroatoms. The zero-order chi connectivity index (χ0) is 24.1. The van der Waals surface area contributed by atoms with Crippen molar-refractivity contribution in [2.45, 2.75) is 56.8 Å². The molecule has 0 radical (unpaired) electrons. The van der Waals surface area contributed by atoms with Crippen LogP contribution in [0.1, 0.15) is 42.3 Å². The zero-order valence-corrected chi connectivity index (χ0v) is 22.6. The predicted octanol–water partition coefficient (Wildman–Crippen LogP) is 7.53. The number of methoxy groups -OCH3 is 1. The first-order valence-corrected chi connectivity index (χ1v) is 15.4. The van der Waals surface area contributed by atoms with Crippen molar-refractivity contribution in [3.8, 4) is 0 Å². The van der Waals surface area contributed by atoms with Gasteiger partial charge in [-0.1, -0.05) is 75.4 Å². The van der Waals surface area contributed by atoms with E-state index >= 15 is 0 Å². The zero-order valence-electron chi connectivity index (χ0n) is 20.7. The van der Waals surface area contributed by atoms with Gasteiger partial charge in [0.05, 0.1) is 6.61 Å². The number of carbonyl (C=O) groups excluding carboxylic acids is 1. The molecule has 0 aromatic heterocycles. The van der Waals surface area contributed by atoms with E-state index in [4.69, 9.17) is 9.16 Å². The highest BCUT2D eigenvalue weighted by Crippen LogP contribution is 2.38. The molecule has 33 heavy (non-hydrogen) atoms. The lowest BCUT2D eigenvalue weighted by atomic mass is 10.1. The van der Waals surface area contributed by atoms with Gasteiger partial charge < -0.3 is 9.16 Å². The lowest BCUT2D eigenvalue weighted by molar-refractivity contribution is 0.0847. The number of ketones is 1. The smallest absolute Gasteiger partial charge is 0.192 e. The van der Waals surface area contributed by atoms with Crippen LogP contribution in [0.2, 0.25) is 18.1 Å². The van der Waals surface area contributed by atoms with Crippen LogP contribution in [0.3, 0.4) is 0 Å². The van der Waals surface area contributed by atoms with Crippen LogP contribution in [-0.2, 0) is 22.2 Å². The summed E-state index contributed by atoms with van der Waals surface area (Å²) in [4.78, 5) is 13.5. The van der Waals surface area contributed by atoms with Crippen molar-refractivity contribution in [1.82, 2.24) is 0 Å². The summed E-state index contributed by atoms with van der Waals surface area (Å²) in [7, 11) is -0.311. The van der Waals surface area contributed by atoms with Gasteiger partial charge >= 0.3 is 0 Å². The average molecular weight is 481 g/mol. The Labute approximate surface area is 204 Å². The van der Waals surface area contributed by atoms with E-state index in [1.54, 1.807) is 18.9 Å². The number of ether oxygens (including phenoxy) is 1. The average Bonchev–Trinajstić information content (AvgIpc) is 2.77. The first kappa shape index (κ1) is 25.7. The number of hydrogen-bond acceptors (Lipinski definition) is 4. The fraction of sp³-hybridized carbons (Fsp3) is 0.393. The number of aryl methyl sites for hydroxylation is 1. The third kappa shape index (κ3) is 6.79. The minimum absolute atomic E-state index is 0.00532. The van der Waals surface area contributed by atoms with Gasteiger partial charge in [-0.2, -0.15) is 0 Å². The molecule has 3 aromatic rings. The molecule has 3 nitrogen and oxygen atoms in total. The Morgan fingerprint density at radius 3 is 2.39 bits per heavy atom. The van der Waals surface area contributed by atoms with Gasteiger partial charge in [0.15, 0.2) is 14.1 Å². The quantitative estimate of drug-likeness (QED) is 0.171. The van der Waals surface area contributed by atoms with Gasteiger partial charge in [0, 0.05) is 23.3 Å². The van der Waals surface area contributed by atoms with Gasteiger partial charge in [-0.15, -0.1) is 11.8 Å². The number of Topliss-reactive ketones (excluding diaryl/α,β-unsaturated/α-hetero) is 1. The van der Waals surface area contributed by atoms with Crippen LogP contribution in [0.25, 0.3) is 10.8 Å². The van der Waals surface area contributed by atoms with E-state index in [1.165, 1.54) is 16.3 Å². The third-order valence-corrected chi connectivity index (χ3v) is 12.1. The number of thioether (sulfide) groups is 1. The van der Waals surface area contributed by atoms with Crippen LogP contribution in [0, 0.1) is 0 Å². The molecule has 0 spiro atoms. The molecule has 0 aliphatic rings. The minimum Gasteiger partial charge on any atom is -0.413 e. The molecule has 0 saturated heterocycles. The van der Waals surface area contributed by atoms with Crippen molar-refractivity contribution >= 4 is 36.6 Å². The largest absolute Gasteiger partial charge is 0.413 e. The summed E-state index contributed by atoms with van der Waals surface area (Å²) in [6.07, 6.45) is 0.967. The summed E-state index contributed by atoms with van der Waals surface area (Å²) in [6.45, 7) is 12.0. The summed E-state index contributed by atoms with van der Waals surface area (Å²) < 4.78 is 11.6. The molecule has 0 fully saturated rings. The molecule has 0 heterocycles. The minimum atomic E-state index is -1.86. The molecule has 0 aliphatic carbocycles. The second-order valence-electron chi connectivity index (χ2n) is 10.0. The molecule has 0 N–H and O–H groups in total. The van der Waals surface area contributed by atoms with Gasteiger partial charge in [-0.3, -0.25) is 4.79 Å². The summed E-state index contributed by atoms with van der Waals surface area (Å²) in [5.74, 6) is 0.943. The van der Waals surface area contributed by atoms with Gasteiger partial charge in [0.2, 0.25) is 0 Å². The third-order valence-electron chi connectivity index (χ3n) is 6.52. The Morgan fingerprint density at radius 2 is 1.70 bits per heavy atom. The summed E-state index contributed by atoms with van der Waals surface area (Å²) in [5.41, 5.74) is 3.17. The van der Waals surface area contributed by atoms with Crippen LogP contribution < -0.4 is 0 Å². The molecular weight excluding hydrogens is 444 g/mol. The van der Waals surface area contributed by atoms with Crippen molar-refractivity contribution in [3.63, 3.8) is 0 Å². The lowest BCUT2D eigenvalue weighted by Crippen LogP contribution is -2.40. The molecule has 0 aliphatic heterocycles. The number of fused-ring (bicyclic) bond motifs is 1. The van der Waals surface area contributed by atoms with Gasteiger partial charge in [0.1, 0.15) is 6.61 Å². The SMILES string of the molecule is COCC(=O)c1ccc(CO[Si](C)(C)C(C)(C)C)c(SCCc2ccc3ccccc3c2)c1. The van der Waals surface area contributed by atoms with E-state index in [2.05, 4.69) is 76.3 Å². The normalized spacial score (nSPS) is 12.3. The fourth-order valence-electron chi connectivity index (χ4n) is 3.34. The fourth-order valence-corrected chi connectivity index (χ4v) is 5.37. The van der Waals surface area contributed by atoms with E-state index in [9.17, 15) is 4.79 Å². The monoisotopic (exact) mass is 480 g/mol. The first-order valence-electron chi connectivity index (χ1n) is 11.5. The molecule has 0 atom stereocenters. The van der Waals surface area contributed by atoms with Crippen molar-refractivity contribution < 1.29 is 14.0 Å². The number of hydrogen-bond donors (Lipinski definition) is 0. The van der Waals surface area contributed by atoms with Crippen molar-refractivity contribution in [2.75, 3.05) is 19.5 Å². The molecule has 3 aromatic carbocycles. The van der Waals surface area contributed by atoms with Crippen molar-refractivity contribution in [1.29, 1.82) is 0 Å². The Bertz CT molecular complexity index is 1100. The molecule has 0 bridgehead atoms. The van der Waals surface area contributed by atoms with E-state index in [0.29, 0.717) is 12.2 Å². The Hall–Kier alpha value is -1.92. The lowest BCUT2D eigenvalue weighted by Gasteiger charge is -2.36. The first-order chi connectivity index (χ1) is 15.6. The highest BCUT2D eigenvalue weighted by Gasteiger charge is 2.37. The van der Waals surface area contributed by atoms with E-state index in [-0.39, 0.29) is 17.4 Å². The second-order valence-corrected chi connectivity index (χ2v) is 16.0. The standard InChI is InChI=1S/C28H36O3SSi/c1-28(2,3)33(5,6)31-19-25-14-13-24(26(29)20-30-4)18-27(25)32-16-15-21-11-12-22-9-7-8-10-23(22)17-21/h7-14,17-18H,15-16,19-20H2,1-6H3. The maximum Gasteiger partial charge on any atom is 0.192 e. The van der Waals surface area contributed by atoms with Crippen LogP contribution in [0.5, 0.6) is 0 Å². The van der Waals surface area contributed by atoms with E-state index in [1.807, 2.05) is 18.2 Å².